The van der Waals surface area contributed by atoms with E-state index in [0.29, 0.717) is 0 Å². The van der Waals surface area contributed by atoms with Crippen LogP contribution in [0.4, 0.5) is 0 Å². The van der Waals surface area contributed by atoms with Crippen molar-refractivity contribution in [2.24, 2.45) is 0 Å². The standard InChI is InChI=1S/C11H24S6/c1-2-10(16-7-4-13)11(17-8-5-14)9-15-6-3-12/h10-14H,2-9H2,1H3. The maximum atomic E-state index is 4.31. The Morgan fingerprint density at radius 2 is 1.35 bits per heavy atom. The van der Waals surface area contributed by atoms with E-state index in [9.17, 15) is 0 Å². The number of hydrogen-bond donors (Lipinski definition) is 3. The van der Waals surface area contributed by atoms with Gasteiger partial charge in [0.15, 0.2) is 0 Å². The quantitative estimate of drug-likeness (QED) is 0.359. The maximum absolute atomic E-state index is 4.31. The Balaban J connectivity index is 4.08. The van der Waals surface area contributed by atoms with Crippen LogP contribution in [-0.4, -0.2) is 50.8 Å². The lowest BCUT2D eigenvalue weighted by molar-refractivity contribution is 0.814. The topological polar surface area (TPSA) is 0 Å². The smallest absolute Gasteiger partial charge is 0.0257 e. The molecule has 0 aliphatic heterocycles. The third kappa shape index (κ3) is 10.5. The van der Waals surface area contributed by atoms with Crippen molar-refractivity contribution in [3.8, 4) is 0 Å². The summed E-state index contributed by atoms with van der Waals surface area (Å²) in [5.41, 5.74) is 0. The van der Waals surface area contributed by atoms with Crippen molar-refractivity contribution < 1.29 is 0 Å². The van der Waals surface area contributed by atoms with E-state index >= 15 is 0 Å². The first-order valence-electron chi connectivity index (χ1n) is 5.93. The zero-order valence-corrected chi connectivity index (χ0v) is 15.5. The van der Waals surface area contributed by atoms with Gasteiger partial charge in [-0.15, -0.1) is 0 Å². The van der Waals surface area contributed by atoms with E-state index < -0.39 is 0 Å². The minimum absolute atomic E-state index is 0.752. The van der Waals surface area contributed by atoms with Crippen LogP contribution < -0.4 is 0 Å². The molecule has 0 radical (unpaired) electrons. The Morgan fingerprint density at radius 1 is 0.824 bits per heavy atom. The van der Waals surface area contributed by atoms with Crippen LogP contribution in [0, 0.1) is 0 Å². The lowest BCUT2D eigenvalue weighted by Crippen LogP contribution is -2.23. The van der Waals surface area contributed by atoms with Gasteiger partial charge in [-0.3, -0.25) is 0 Å². The summed E-state index contributed by atoms with van der Waals surface area (Å²) in [7, 11) is 0. The number of rotatable bonds is 12. The molecule has 0 spiro atoms. The molecular weight excluding hydrogens is 325 g/mol. The van der Waals surface area contributed by atoms with Crippen molar-refractivity contribution >= 4 is 73.2 Å². The highest BCUT2D eigenvalue weighted by Gasteiger charge is 2.20. The first kappa shape index (κ1) is 19.1. The van der Waals surface area contributed by atoms with Gasteiger partial charge in [-0.2, -0.15) is 73.2 Å². The average Bonchev–Trinajstić information content (AvgIpc) is 2.36. The molecule has 0 N–H and O–H groups in total. The Labute approximate surface area is 136 Å². The SMILES string of the molecule is CCC(SCCS)C(CSCCS)SCCS. The molecule has 0 aromatic carbocycles. The second-order valence-electron chi connectivity index (χ2n) is 3.47. The first-order chi connectivity index (χ1) is 8.29. The molecule has 0 heterocycles. The third-order valence-corrected chi connectivity index (χ3v) is 8.12. The molecule has 0 saturated carbocycles. The van der Waals surface area contributed by atoms with Gasteiger partial charge in [-0.05, 0) is 23.7 Å². The molecule has 17 heavy (non-hydrogen) atoms. The summed E-state index contributed by atoms with van der Waals surface area (Å²) in [5, 5.41) is 1.52. The van der Waals surface area contributed by atoms with E-state index in [0.717, 1.165) is 45.0 Å². The molecule has 0 amide bonds. The van der Waals surface area contributed by atoms with Crippen LogP contribution in [0.3, 0.4) is 0 Å². The van der Waals surface area contributed by atoms with Gasteiger partial charge < -0.3 is 0 Å². The van der Waals surface area contributed by atoms with Gasteiger partial charge in [-0.1, -0.05) is 6.92 Å². The van der Waals surface area contributed by atoms with E-state index in [4.69, 9.17) is 0 Å². The molecule has 0 aliphatic rings. The fourth-order valence-corrected chi connectivity index (χ4v) is 6.24. The normalized spacial score (nSPS) is 14.8. The summed E-state index contributed by atoms with van der Waals surface area (Å²) in [6, 6.07) is 0. The van der Waals surface area contributed by atoms with Crippen molar-refractivity contribution in [3.63, 3.8) is 0 Å². The van der Waals surface area contributed by atoms with Crippen LogP contribution in [0.5, 0.6) is 0 Å². The maximum Gasteiger partial charge on any atom is 0.0257 e. The highest BCUT2D eigenvalue weighted by molar-refractivity contribution is 8.06. The molecule has 0 aromatic rings. The molecule has 0 aliphatic carbocycles. The lowest BCUT2D eigenvalue weighted by atomic mass is 10.2. The van der Waals surface area contributed by atoms with Gasteiger partial charge >= 0.3 is 0 Å². The van der Waals surface area contributed by atoms with Crippen LogP contribution in [-0.2, 0) is 0 Å². The van der Waals surface area contributed by atoms with E-state index in [1.54, 1.807) is 0 Å². The molecule has 2 unspecified atom stereocenters. The molecule has 104 valence electrons. The van der Waals surface area contributed by atoms with E-state index in [1.165, 1.54) is 12.2 Å². The number of thiol groups is 3. The molecule has 2 atom stereocenters. The monoisotopic (exact) mass is 348 g/mol. The Bertz CT molecular complexity index is 155. The minimum Gasteiger partial charge on any atom is -0.179 e. The largest absolute Gasteiger partial charge is 0.179 e. The van der Waals surface area contributed by atoms with Crippen molar-refractivity contribution in [2.45, 2.75) is 23.8 Å². The Morgan fingerprint density at radius 3 is 1.82 bits per heavy atom. The van der Waals surface area contributed by atoms with Crippen LogP contribution in [0.25, 0.3) is 0 Å². The molecular formula is C11H24S6. The van der Waals surface area contributed by atoms with E-state index in [1.807, 2.05) is 11.8 Å². The van der Waals surface area contributed by atoms with Crippen LogP contribution in [0.2, 0.25) is 0 Å². The van der Waals surface area contributed by atoms with Gasteiger partial charge in [0.2, 0.25) is 0 Å². The molecule has 0 aromatic heterocycles. The Kier molecular flexibility index (Phi) is 16.3. The zero-order valence-electron chi connectivity index (χ0n) is 10.4. The third-order valence-electron chi connectivity index (χ3n) is 2.18. The van der Waals surface area contributed by atoms with Gasteiger partial charge in [0.05, 0.1) is 0 Å². The lowest BCUT2D eigenvalue weighted by Gasteiger charge is -2.25. The molecule has 0 bridgehead atoms. The summed E-state index contributed by atoms with van der Waals surface area (Å²) in [5.74, 6) is 7.67. The fourth-order valence-electron chi connectivity index (χ4n) is 1.42. The predicted octanol–water partition coefficient (Wildman–Crippen LogP) is 4.12. The summed E-state index contributed by atoms with van der Waals surface area (Å²) in [4.78, 5) is 0. The second kappa shape index (κ2) is 14.5. The van der Waals surface area contributed by atoms with Crippen LogP contribution in [0.1, 0.15) is 13.3 Å². The summed E-state index contributed by atoms with van der Waals surface area (Å²) in [6.45, 7) is 2.30. The highest BCUT2D eigenvalue weighted by Crippen LogP contribution is 2.30. The summed E-state index contributed by atoms with van der Waals surface area (Å²) < 4.78 is 0. The van der Waals surface area contributed by atoms with Crippen molar-refractivity contribution in [3.05, 3.63) is 0 Å². The van der Waals surface area contributed by atoms with Crippen LogP contribution >= 0.6 is 73.2 Å². The summed E-state index contributed by atoms with van der Waals surface area (Å²) >= 11 is 19.1. The van der Waals surface area contributed by atoms with Gasteiger partial charge in [0.1, 0.15) is 0 Å². The van der Waals surface area contributed by atoms with Crippen molar-refractivity contribution in [2.75, 3.05) is 40.3 Å². The molecule has 0 saturated heterocycles. The molecule has 0 rings (SSSR count). The second-order valence-corrected chi connectivity index (χ2v) is 8.66. The van der Waals surface area contributed by atoms with Gasteiger partial charge in [0.25, 0.3) is 0 Å². The number of thioether (sulfide) groups is 3. The zero-order chi connectivity index (χ0) is 12.9. The predicted molar refractivity (Wildman–Crippen MR) is 102 cm³/mol. The average molecular weight is 349 g/mol. The first-order valence-corrected chi connectivity index (χ1v) is 11.1. The van der Waals surface area contributed by atoms with Crippen molar-refractivity contribution in [1.29, 1.82) is 0 Å². The van der Waals surface area contributed by atoms with Gasteiger partial charge in [0, 0.05) is 33.5 Å². The summed E-state index contributed by atoms with van der Waals surface area (Å²) in [6.07, 6.45) is 1.25. The van der Waals surface area contributed by atoms with E-state index in [2.05, 4.69) is 68.3 Å². The molecule has 0 nitrogen and oxygen atoms in total. The Hall–Kier alpha value is 2.10. The molecule has 6 heteroatoms. The van der Waals surface area contributed by atoms with Crippen LogP contribution in [0.15, 0.2) is 0 Å². The van der Waals surface area contributed by atoms with E-state index in [-0.39, 0.29) is 0 Å². The molecule has 0 fully saturated rings. The minimum atomic E-state index is 0.752. The fraction of sp³-hybridized carbons (Fsp3) is 1.00. The van der Waals surface area contributed by atoms with Crippen molar-refractivity contribution in [1.82, 2.24) is 0 Å². The number of hydrogen-bond acceptors (Lipinski definition) is 6. The highest BCUT2D eigenvalue weighted by atomic mass is 32.2. The van der Waals surface area contributed by atoms with Gasteiger partial charge in [-0.25, -0.2) is 0 Å².